The van der Waals surface area contributed by atoms with Crippen LogP contribution in [0.25, 0.3) is 0 Å². The summed E-state index contributed by atoms with van der Waals surface area (Å²) in [6, 6.07) is 1.97. The maximum absolute atomic E-state index is 11.4. The van der Waals surface area contributed by atoms with Crippen LogP contribution in [-0.2, 0) is 9.53 Å². The molecule has 0 N–H and O–H groups in total. The van der Waals surface area contributed by atoms with Gasteiger partial charge in [-0.25, -0.2) is 0 Å². The van der Waals surface area contributed by atoms with E-state index in [-0.39, 0.29) is 11.9 Å². The zero-order valence-electron chi connectivity index (χ0n) is 7.75. The van der Waals surface area contributed by atoms with Crippen LogP contribution in [0.5, 0.6) is 0 Å². The molecule has 0 radical (unpaired) electrons. The molecule has 0 aromatic heterocycles. The number of hydrogen-bond acceptors (Lipinski definition) is 3. The first-order chi connectivity index (χ1) is 6.29. The number of ether oxygens (including phenoxy) is 1. The Labute approximate surface area is 78.0 Å². The third kappa shape index (κ3) is 2.32. The highest BCUT2D eigenvalue weighted by molar-refractivity contribution is 5.76. The number of esters is 1. The number of nitrogens with zero attached hydrogens (tertiary/aromatic N) is 1. The Kier molecular flexibility index (Phi) is 3.51. The number of nitriles is 1. The Bertz CT molecular complexity index is 263. The lowest BCUT2D eigenvalue weighted by molar-refractivity contribution is -0.146. The van der Waals surface area contributed by atoms with Crippen molar-refractivity contribution in [2.24, 2.45) is 5.92 Å². The van der Waals surface area contributed by atoms with Crippen LogP contribution in [0.4, 0.5) is 0 Å². The Morgan fingerprint density at radius 2 is 2.62 bits per heavy atom. The zero-order valence-corrected chi connectivity index (χ0v) is 7.75. The molecule has 0 bridgehead atoms. The molecule has 1 unspecified atom stereocenters. The van der Waals surface area contributed by atoms with Gasteiger partial charge in [0.05, 0.1) is 18.6 Å². The van der Waals surface area contributed by atoms with Crippen molar-refractivity contribution in [2.45, 2.75) is 26.2 Å². The second-order valence-electron chi connectivity index (χ2n) is 3.05. The zero-order chi connectivity index (χ0) is 9.68. The van der Waals surface area contributed by atoms with Crippen molar-refractivity contribution in [3.05, 3.63) is 11.6 Å². The average molecular weight is 179 g/mol. The largest absolute Gasteiger partial charge is 0.466 e. The summed E-state index contributed by atoms with van der Waals surface area (Å²) in [4.78, 5) is 11.4. The van der Waals surface area contributed by atoms with Gasteiger partial charge >= 0.3 is 5.97 Å². The average Bonchev–Trinajstić information content (AvgIpc) is 2.54. The predicted molar refractivity (Wildman–Crippen MR) is 47.7 cm³/mol. The summed E-state index contributed by atoms with van der Waals surface area (Å²) >= 11 is 0. The third-order valence-electron chi connectivity index (χ3n) is 2.23. The first-order valence-electron chi connectivity index (χ1n) is 4.54. The van der Waals surface area contributed by atoms with Crippen molar-refractivity contribution < 1.29 is 9.53 Å². The minimum Gasteiger partial charge on any atom is -0.466 e. The molecule has 1 rings (SSSR count). The topological polar surface area (TPSA) is 50.1 Å². The molecular weight excluding hydrogens is 166 g/mol. The van der Waals surface area contributed by atoms with E-state index in [4.69, 9.17) is 10.00 Å². The van der Waals surface area contributed by atoms with Crippen molar-refractivity contribution in [2.75, 3.05) is 6.61 Å². The van der Waals surface area contributed by atoms with Crippen molar-refractivity contribution in [3.63, 3.8) is 0 Å². The van der Waals surface area contributed by atoms with Crippen LogP contribution < -0.4 is 0 Å². The van der Waals surface area contributed by atoms with Crippen molar-refractivity contribution in [1.82, 2.24) is 0 Å². The fraction of sp³-hybridized carbons (Fsp3) is 0.600. The monoisotopic (exact) mass is 179 g/mol. The molecule has 13 heavy (non-hydrogen) atoms. The molecule has 0 spiro atoms. The quantitative estimate of drug-likeness (QED) is 0.479. The minimum absolute atomic E-state index is 0.153. The van der Waals surface area contributed by atoms with Crippen LogP contribution in [0.2, 0.25) is 0 Å². The molecule has 1 aliphatic rings. The molecule has 0 amide bonds. The number of allylic oxidation sites excluding steroid dienone is 1. The van der Waals surface area contributed by atoms with E-state index in [1.807, 2.05) is 6.07 Å². The predicted octanol–water partition coefficient (Wildman–Crippen LogP) is 1.80. The van der Waals surface area contributed by atoms with E-state index < -0.39 is 0 Å². The highest BCUT2D eigenvalue weighted by atomic mass is 16.5. The number of hydrogen-bond donors (Lipinski definition) is 0. The van der Waals surface area contributed by atoms with E-state index in [2.05, 4.69) is 0 Å². The lowest BCUT2D eigenvalue weighted by Gasteiger charge is -2.09. The molecule has 3 heteroatoms. The molecule has 1 fully saturated rings. The van der Waals surface area contributed by atoms with Crippen LogP contribution >= 0.6 is 0 Å². The van der Waals surface area contributed by atoms with E-state index in [1.54, 1.807) is 6.92 Å². The van der Waals surface area contributed by atoms with Gasteiger partial charge in [0, 0.05) is 6.08 Å². The minimum atomic E-state index is -0.179. The van der Waals surface area contributed by atoms with Gasteiger partial charge in [0.1, 0.15) is 0 Å². The van der Waals surface area contributed by atoms with Gasteiger partial charge in [0.15, 0.2) is 0 Å². The van der Waals surface area contributed by atoms with E-state index in [9.17, 15) is 4.79 Å². The Morgan fingerprint density at radius 1 is 1.85 bits per heavy atom. The van der Waals surface area contributed by atoms with Crippen LogP contribution in [-0.4, -0.2) is 12.6 Å². The van der Waals surface area contributed by atoms with Gasteiger partial charge in [-0.2, -0.15) is 5.26 Å². The highest BCUT2D eigenvalue weighted by Gasteiger charge is 2.28. The number of carbonyl (C=O) groups is 1. The van der Waals surface area contributed by atoms with E-state index in [1.165, 1.54) is 6.08 Å². The standard InChI is InChI=1S/C10H13NO2/c1-2-13-10(12)9-5-3-4-8(9)6-7-11/h6,9H,2-5H2,1H3/b8-6+. The van der Waals surface area contributed by atoms with Crippen molar-refractivity contribution in [1.29, 1.82) is 5.26 Å². The van der Waals surface area contributed by atoms with E-state index in [0.29, 0.717) is 6.61 Å². The molecule has 3 nitrogen and oxygen atoms in total. The Hall–Kier alpha value is -1.30. The SMILES string of the molecule is CCOC(=O)C1CCC/C1=C\C#N. The smallest absolute Gasteiger partial charge is 0.313 e. The van der Waals surface area contributed by atoms with Gasteiger partial charge in [-0.05, 0) is 31.8 Å². The van der Waals surface area contributed by atoms with Crippen molar-refractivity contribution >= 4 is 5.97 Å². The van der Waals surface area contributed by atoms with Crippen LogP contribution in [0.15, 0.2) is 11.6 Å². The molecule has 1 atom stereocenters. The Morgan fingerprint density at radius 3 is 3.23 bits per heavy atom. The van der Waals surface area contributed by atoms with Gasteiger partial charge in [0.25, 0.3) is 0 Å². The molecule has 0 saturated heterocycles. The summed E-state index contributed by atoms with van der Waals surface area (Å²) in [6.07, 6.45) is 4.15. The lowest BCUT2D eigenvalue weighted by Crippen LogP contribution is -2.16. The Balaban J connectivity index is 2.64. The molecule has 70 valence electrons. The van der Waals surface area contributed by atoms with Crippen LogP contribution in [0.1, 0.15) is 26.2 Å². The molecule has 0 aromatic rings. The number of rotatable bonds is 2. The molecule has 0 aliphatic heterocycles. The fourth-order valence-corrected chi connectivity index (χ4v) is 1.64. The molecular formula is C10H13NO2. The van der Waals surface area contributed by atoms with Gasteiger partial charge in [-0.1, -0.05) is 0 Å². The van der Waals surface area contributed by atoms with Gasteiger partial charge < -0.3 is 4.74 Å². The maximum Gasteiger partial charge on any atom is 0.313 e. The summed E-state index contributed by atoms with van der Waals surface area (Å²) in [7, 11) is 0. The molecule has 1 aliphatic carbocycles. The second kappa shape index (κ2) is 4.66. The summed E-state index contributed by atoms with van der Waals surface area (Å²) in [5.41, 5.74) is 0.931. The normalized spacial score (nSPS) is 24.3. The van der Waals surface area contributed by atoms with Crippen LogP contribution in [0.3, 0.4) is 0 Å². The first kappa shape index (κ1) is 9.79. The third-order valence-corrected chi connectivity index (χ3v) is 2.23. The lowest BCUT2D eigenvalue weighted by atomic mass is 10.0. The number of carbonyl (C=O) groups excluding carboxylic acids is 1. The molecule has 1 saturated carbocycles. The fourth-order valence-electron chi connectivity index (χ4n) is 1.64. The first-order valence-corrected chi connectivity index (χ1v) is 4.54. The van der Waals surface area contributed by atoms with Crippen LogP contribution in [0, 0.1) is 17.2 Å². The van der Waals surface area contributed by atoms with Gasteiger partial charge in [-0.15, -0.1) is 0 Å². The summed E-state index contributed by atoms with van der Waals surface area (Å²) in [5.74, 6) is -0.332. The van der Waals surface area contributed by atoms with Crippen molar-refractivity contribution in [3.8, 4) is 6.07 Å². The van der Waals surface area contributed by atoms with E-state index >= 15 is 0 Å². The van der Waals surface area contributed by atoms with Gasteiger partial charge in [0.2, 0.25) is 0 Å². The summed E-state index contributed by atoms with van der Waals surface area (Å²) < 4.78 is 4.91. The van der Waals surface area contributed by atoms with E-state index in [0.717, 1.165) is 24.8 Å². The molecule has 0 aromatic carbocycles. The maximum atomic E-state index is 11.4. The highest BCUT2D eigenvalue weighted by Crippen LogP contribution is 2.31. The summed E-state index contributed by atoms with van der Waals surface area (Å²) in [6.45, 7) is 2.20. The summed E-state index contributed by atoms with van der Waals surface area (Å²) in [5, 5.41) is 8.48. The second-order valence-corrected chi connectivity index (χ2v) is 3.05. The molecule has 0 heterocycles. The van der Waals surface area contributed by atoms with Gasteiger partial charge in [-0.3, -0.25) is 4.79 Å².